The molecule has 0 aliphatic carbocycles. The maximum absolute atomic E-state index is 8.53. The third-order valence-corrected chi connectivity index (χ3v) is 2.09. The van der Waals surface area contributed by atoms with Crippen molar-refractivity contribution in [2.75, 3.05) is 0 Å². The third kappa shape index (κ3) is 1.08. The Kier molecular flexibility index (Phi) is 1.61. The largest absolute Gasteiger partial charge is 0.227 e. The molecule has 2 heterocycles. The van der Waals surface area contributed by atoms with Crippen LogP contribution in [0.25, 0.3) is 5.13 Å². The molecular formula is C7H4N4S. The van der Waals surface area contributed by atoms with Crippen LogP contribution < -0.4 is 0 Å². The van der Waals surface area contributed by atoms with Crippen molar-refractivity contribution in [2.24, 2.45) is 0 Å². The molecule has 0 aromatic carbocycles. The van der Waals surface area contributed by atoms with Crippen molar-refractivity contribution < 1.29 is 0 Å². The Morgan fingerprint density at radius 1 is 1.58 bits per heavy atom. The van der Waals surface area contributed by atoms with Gasteiger partial charge in [0.25, 0.3) is 0 Å². The van der Waals surface area contributed by atoms with Gasteiger partial charge in [0.1, 0.15) is 6.07 Å². The molecule has 0 N–H and O–H groups in total. The average Bonchev–Trinajstić information content (AvgIpc) is 2.75. The third-order valence-electron chi connectivity index (χ3n) is 1.33. The summed E-state index contributed by atoms with van der Waals surface area (Å²) in [5.74, 6) is 0. The second-order valence-electron chi connectivity index (χ2n) is 2.10. The quantitative estimate of drug-likeness (QED) is 0.656. The fourth-order valence-corrected chi connectivity index (χ4v) is 1.39. The molecule has 2 aromatic heterocycles. The van der Waals surface area contributed by atoms with Crippen LogP contribution in [0.3, 0.4) is 0 Å². The minimum atomic E-state index is 0.546. The Balaban J connectivity index is 2.44. The molecule has 0 bridgehead atoms. The Hall–Kier alpha value is -1.67. The zero-order valence-corrected chi connectivity index (χ0v) is 6.82. The molecule has 0 saturated heterocycles. The smallest absolute Gasteiger partial charge is 0.210 e. The van der Waals surface area contributed by atoms with Crippen LogP contribution in [0.4, 0.5) is 0 Å². The van der Waals surface area contributed by atoms with E-state index in [0.717, 1.165) is 5.13 Å². The molecular weight excluding hydrogens is 172 g/mol. The summed E-state index contributed by atoms with van der Waals surface area (Å²) in [6.45, 7) is 0. The Bertz CT molecular complexity index is 409. The number of aromatic nitrogens is 3. The maximum Gasteiger partial charge on any atom is 0.210 e. The van der Waals surface area contributed by atoms with E-state index in [-0.39, 0.29) is 0 Å². The molecule has 0 radical (unpaired) electrons. The van der Waals surface area contributed by atoms with Gasteiger partial charge in [-0.25, -0.2) is 9.67 Å². The standard InChI is InChI=1S/C7H4N4S/c8-3-6-4-10-11(5-6)7-9-1-2-12-7/h1-2,4-5H. The number of nitrogens with zero attached hydrogens (tertiary/aromatic N) is 4. The number of thiazole rings is 1. The van der Waals surface area contributed by atoms with E-state index in [4.69, 9.17) is 5.26 Å². The average molecular weight is 176 g/mol. The summed E-state index contributed by atoms with van der Waals surface area (Å²) in [5.41, 5.74) is 0.546. The fraction of sp³-hybridized carbons (Fsp3) is 0. The SMILES string of the molecule is N#Cc1cnn(-c2nccs2)c1. The topological polar surface area (TPSA) is 54.5 Å². The zero-order chi connectivity index (χ0) is 8.39. The molecule has 2 rings (SSSR count). The van der Waals surface area contributed by atoms with Crippen molar-refractivity contribution >= 4 is 11.3 Å². The van der Waals surface area contributed by atoms with Gasteiger partial charge in [0.15, 0.2) is 0 Å². The van der Waals surface area contributed by atoms with Gasteiger partial charge in [0.2, 0.25) is 5.13 Å². The number of hydrogen-bond acceptors (Lipinski definition) is 4. The summed E-state index contributed by atoms with van der Waals surface area (Å²) in [7, 11) is 0. The van der Waals surface area contributed by atoms with E-state index >= 15 is 0 Å². The molecule has 58 valence electrons. The summed E-state index contributed by atoms with van der Waals surface area (Å²) in [6, 6.07) is 2.00. The molecule has 0 atom stereocenters. The molecule has 0 fully saturated rings. The highest BCUT2D eigenvalue weighted by Crippen LogP contribution is 2.09. The summed E-state index contributed by atoms with van der Waals surface area (Å²) < 4.78 is 1.59. The van der Waals surface area contributed by atoms with E-state index in [1.54, 1.807) is 17.1 Å². The van der Waals surface area contributed by atoms with Gasteiger partial charge in [0.05, 0.1) is 18.0 Å². The zero-order valence-electron chi connectivity index (χ0n) is 6.01. The minimum Gasteiger partial charge on any atom is -0.227 e. The first kappa shape index (κ1) is 7.00. The van der Waals surface area contributed by atoms with E-state index in [0.29, 0.717) is 5.56 Å². The minimum absolute atomic E-state index is 0.546. The van der Waals surface area contributed by atoms with Crippen LogP contribution in [0.2, 0.25) is 0 Å². The van der Waals surface area contributed by atoms with Crippen molar-refractivity contribution in [1.29, 1.82) is 5.26 Å². The van der Waals surface area contributed by atoms with E-state index in [2.05, 4.69) is 10.1 Å². The molecule has 0 spiro atoms. The van der Waals surface area contributed by atoms with Gasteiger partial charge < -0.3 is 0 Å². The van der Waals surface area contributed by atoms with Crippen LogP contribution in [-0.4, -0.2) is 14.8 Å². The first-order valence-corrected chi connectivity index (χ1v) is 4.13. The highest BCUT2D eigenvalue weighted by atomic mass is 32.1. The van der Waals surface area contributed by atoms with Crippen LogP contribution >= 0.6 is 11.3 Å². The van der Waals surface area contributed by atoms with Crippen LogP contribution in [0, 0.1) is 11.3 Å². The van der Waals surface area contributed by atoms with Crippen LogP contribution in [-0.2, 0) is 0 Å². The molecule has 5 heteroatoms. The molecule has 12 heavy (non-hydrogen) atoms. The van der Waals surface area contributed by atoms with E-state index in [9.17, 15) is 0 Å². The second kappa shape index (κ2) is 2.75. The first-order chi connectivity index (χ1) is 5.90. The van der Waals surface area contributed by atoms with Gasteiger partial charge in [0, 0.05) is 11.6 Å². The molecule has 0 unspecified atom stereocenters. The number of hydrogen-bond donors (Lipinski definition) is 0. The predicted molar refractivity (Wildman–Crippen MR) is 44.0 cm³/mol. The number of nitriles is 1. The summed E-state index contributed by atoms with van der Waals surface area (Å²) in [4.78, 5) is 4.04. The van der Waals surface area contributed by atoms with Crippen molar-refractivity contribution in [2.45, 2.75) is 0 Å². The Morgan fingerprint density at radius 3 is 3.08 bits per heavy atom. The van der Waals surface area contributed by atoms with Crippen molar-refractivity contribution in [3.8, 4) is 11.2 Å². The van der Waals surface area contributed by atoms with E-state index in [1.165, 1.54) is 17.5 Å². The van der Waals surface area contributed by atoms with Crippen LogP contribution in [0.15, 0.2) is 24.0 Å². The lowest BCUT2D eigenvalue weighted by molar-refractivity contribution is 0.869. The van der Waals surface area contributed by atoms with E-state index in [1.807, 2.05) is 11.4 Å². The fourth-order valence-electron chi connectivity index (χ4n) is 0.814. The number of rotatable bonds is 1. The normalized spacial score (nSPS) is 9.58. The highest BCUT2D eigenvalue weighted by molar-refractivity contribution is 7.12. The van der Waals surface area contributed by atoms with Gasteiger partial charge in [-0.1, -0.05) is 0 Å². The Morgan fingerprint density at radius 2 is 2.50 bits per heavy atom. The lowest BCUT2D eigenvalue weighted by Gasteiger charge is -1.89. The van der Waals surface area contributed by atoms with Gasteiger partial charge in [-0.2, -0.15) is 10.4 Å². The van der Waals surface area contributed by atoms with Gasteiger partial charge in [-0.3, -0.25) is 0 Å². The second-order valence-corrected chi connectivity index (χ2v) is 2.97. The van der Waals surface area contributed by atoms with E-state index < -0.39 is 0 Å². The van der Waals surface area contributed by atoms with Crippen LogP contribution in [0.1, 0.15) is 5.56 Å². The summed E-state index contributed by atoms with van der Waals surface area (Å²) >= 11 is 1.48. The lowest BCUT2D eigenvalue weighted by atomic mass is 10.4. The van der Waals surface area contributed by atoms with Gasteiger partial charge in [-0.15, -0.1) is 11.3 Å². The molecule has 2 aromatic rings. The molecule has 0 amide bonds. The van der Waals surface area contributed by atoms with Gasteiger partial charge in [-0.05, 0) is 0 Å². The molecule has 0 aliphatic rings. The molecule has 0 saturated carbocycles. The Labute approximate surface area is 72.7 Å². The predicted octanol–water partition coefficient (Wildman–Crippen LogP) is 1.20. The summed E-state index contributed by atoms with van der Waals surface area (Å²) in [5, 5.41) is 15.1. The maximum atomic E-state index is 8.53. The van der Waals surface area contributed by atoms with Crippen LogP contribution in [0.5, 0.6) is 0 Å². The lowest BCUT2D eigenvalue weighted by Crippen LogP contribution is -1.91. The van der Waals surface area contributed by atoms with Crippen molar-refractivity contribution in [3.05, 3.63) is 29.5 Å². The van der Waals surface area contributed by atoms with Gasteiger partial charge >= 0.3 is 0 Å². The van der Waals surface area contributed by atoms with Crippen molar-refractivity contribution in [1.82, 2.24) is 14.8 Å². The van der Waals surface area contributed by atoms with Crippen molar-refractivity contribution in [3.63, 3.8) is 0 Å². The molecule has 4 nitrogen and oxygen atoms in total. The highest BCUT2D eigenvalue weighted by Gasteiger charge is 2.00. The monoisotopic (exact) mass is 176 g/mol. The molecule has 0 aliphatic heterocycles. The summed E-state index contributed by atoms with van der Waals surface area (Å²) in [6.07, 6.45) is 4.87. The first-order valence-electron chi connectivity index (χ1n) is 3.25.